The van der Waals surface area contributed by atoms with Crippen LogP contribution in [0.3, 0.4) is 0 Å². The Balaban J connectivity index is 1.74. The number of Topliss-reactive ketones (excluding diaryl/α,β-unsaturated/α-hetero) is 1. The molecule has 0 amide bonds. The number of nitrogens with one attached hydrogen (secondary N) is 1. The van der Waals surface area contributed by atoms with E-state index in [0.29, 0.717) is 45.7 Å². The van der Waals surface area contributed by atoms with Crippen LogP contribution in [0.15, 0.2) is 63.4 Å². The number of benzene rings is 2. The molecule has 2 aromatic carbocycles. The van der Waals surface area contributed by atoms with E-state index < -0.39 is 11.9 Å². The molecule has 0 radical (unpaired) electrons. The molecule has 0 spiro atoms. The first kappa shape index (κ1) is 26.5. The third-order valence-electron chi connectivity index (χ3n) is 6.83. The van der Waals surface area contributed by atoms with Gasteiger partial charge in [0, 0.05) is 23.4 Å². The number of carbonyl (C=O) groups is 2. The molecule has 2 atom stereocenters. The molecule has 0 aromatic heterocycles. The first-order valence-corrected chi connectivity index (χ1v) is 13.1. The molecule has 2 N–H and O–H groups in total. The summed E-state index contributed by atoms with van der Waals surface area (Å²) in [4.78, 5) is 24.6. The molecule has 192 valence electrons. The molecule has 37 heavy (non-hydrogen) atoms. The molecule has 0 saturated heterocycles. The van der Waals surface area contributed by atoms with Gasteiger partial charge >= 0.3 is 5.97 Å². The molecule has 1 heterocycles. The number of hydrogen-bond donors (Lipinski definition) is 2. The summed E-state index contributed by atoms with van der Waals surface area (Å²) in [5, 5.41) is 22.7. The Labute approximate surface area is 224 Å². The number of ether oxygens (including phenoxy) is 2. The van der Waals surface area contributed by atoms with Gasteiger partial charge in [0.05, 0.1) is 34.2 Å². The Morgan fingerprint density at radius 3 is 2.68 bits per heavy atom. The second-order valence-electron chi connectivity index (χ2n) is 9.26. The van der Waals surface area contributed by atoms with Crippen molar-refractivity contribution >= 4 is 27.7 Å². The number of rotatable bonds is 8. The first-order valence-electron chi connectivity index (χ1n) is 12.3. The lowest BCUT2D eigenvalue weighted by Gasteiger charge is -2.35. The molecule has 1 aliphatic heterocycles. The number of carboxylic acid groups (broad SMARTS) is 1. The van der Waals surface area contributed by atoms with Crippen molar-refractivity contribution in [3.63, 3.8) is 0 Å². The molecule has 2 aromatic rings. The van der Waals surface area contributed by atoms with Crippen LogP contribution in [0.5, 0.6) is 11.5 Å². The molecule has 0 fully saturated rings. The largest absolute Gasteiger partial charge is 0.490 e. The highest BCUT2D eigenvalue weighted by Gasteiger charge is 2.38. The Morgan fingerprint density at radius 1 is 1.22 bits per heavy atom. The van der Waals surface area contributed by atoms with E-state index in [1.54, 1.807) is 18.2 Å². The molecule has 0 saturated carbocycles. The maximum Gasteiger partial charge on any atom is 0.335 e. The van der Waals surface area contributed by atoms with Crippen molar-refractivity contribution < 1.29 is 24.2 Å². The van der Waals surface area contributed by atoms with Crippen LogP contribution in [0.4, 0.5) is 0 Å². The smallest absolute Gasteiger partial charge is 0.335 e. The van der Waals surface area contributed by atoms with Crippen LogP contribution < -0.4 is 14.8 Å². The van der Waals surface area contributed by atoms with E-state index in [9.17, 15) is 20.0 Å². The fraction of sp³-hybridized carbons (Fsp3) is 0.345. The Bertz CT molecular complexity index is 1350. The summed E-state index contributed by atoms with van der Waals surface area (Å²) >= 11 is 3.61. The van der Waals surface area contributed by atoms with Crippen LogP contribution in [-0.4, -0.2) is 23.5 Å². The summed E-state index contributed by atoms with van der Waals surface area (Å²) in [7, 11) is 0. The Hall–Kier alpha value is -3.57. The maximum atomic E-state index is 13.3. The number of allylic oxidation sites excluding steroid dienone is 4. The van der Waals surface area contributed by atoms with E-state index in [1.165, 1.54) is 6.07 Å². The molecule has 7 nitrogen and oxygen atoms in total. The van der Waals surface area contributed by atoms with Crippen molar-refractivity contribution in [1.29, 1.82) is 5.26 Å². The quantitative estimate of drug-likeness (QED) is 0.389. The van der Waals surface area contributed by atoms with E-state index in [0.717, 1.165) is 29.8 Å². The van der Waals surface area contributed by atoms with Crippen LogP contribution in [0, 0.1) is 17.2 Å². The fourth-order valence-corrected chi connectivity index (χ4v) is 5.57. The van der Waals surface area contributed by atoms with Crippen molar-refractivity contribution in [1.82, 2.24) is 5.32 Å². The highest BCUT2D eigenvalue weighted by Crippen LogP contribution is 2.47. The standard InChI is InChI=1S/C29H29BrN2O5/c1-4-17-10-23-27(24(33)11-17)26(21(14-31)16(3)32-23)20-12-22(30)28(25(13-20)36-5-2)37-15-18-7-6-8-19(9-18)29(34)35/h6-9,12-13,17,26,32H,4-5,10-11,15H2,1-3H3,(H,34,35). The summed E-state index contributed by atoms with van der Waals surface area (Å²) in [5.74, 6) is -0.197. The summed E-state index contributed by atoms with van der Waals surface area (Å²) in [6.07, 6.45) is 2.17. The Morgan fingerprint density at radius 2 is 2.00 bits per heavy atom. The minimum Gasteiger partial charge on any atom is -0.490 e. The number of carbonyl (C=O) groups excluding carboxylic acids is 1. The van der Waals surface area contributed by atoms with Crippen molar-refractivity contribution in [2.45, 2.75) is 52.6 Å². The molecule has 0 bridgehead atoms. The highest BCUT2D eigenvalue weighted by atomic mass is 79.9. The number of nitrogens with zero attached hydrogens (tertiary/aromatic N) is 1. The van der Waals surface area contributed by atoms with Crippen molar-refractivity contribution in [2.75, 3.05) is 6.61 Å². The number of dihydropyridines is 1. The predicted molar refractivity (Wildman–Crippen MR) is 142 cm³/mol. The number of halogens is 1. The van der Waals surface area contributed by atoms with Crippen LogP contribution >= 0.6 is 15.9 Å². The zero-order valence-electron chi connectivity index (χ0n) is 21.1. The number of ketones is 1. The van der Waals surface area contributed by atoms with Gasteiger partial charge in [-0.25, -0.2) is 4.79 Å². The third-order valence-corrected chi connectivity index (χ3v) is 7.42. The number of hydrogen-bond acceptors (Lipinski definition) is 6. The average Bonchev–Trinajstić information content (AvgIpc) is 2.87. The van der Waals surface area contributed by atoms with Gasteiger partial charge in [-0.2, -0.15) is 5.26 Å². The lowest BCUT2D eigenvalue weighted by molar-refractivity contribution is -0.117. The van der Waals surface area contributed by atoms with E-state index in [2.05, 4.69) is 34.2 Å². The maximum absolute atomic E-state index is 13.3. The average molecular weight is 565 g/mol. The zero-order valence-corrected chi connectivity index (χ0v) is 22.6. The topological polar surface area (TPSA) is 109 Å². The summed E-state index contributed by atoms with van der Waals surface area (Å²) in [6, 6.07) is 12.6. The Kier molecular flexibility index (Phi) is 8.03. The minimum absolute atomic E-state index is 0.0681. The number of nitriles is 1. The normalized spacial score (nSPS) is 19.2. The highest BCUT2D eigenvalue weighted by molar-refractivity contribution is 9.10. The van der Waals surface area contributed by atoms with Gasteiger partial charge in [-0.3, -0.25) is 4.79 Å². The molecular formula is C29H29BrN2O5. The molecule has 2 unspecified atom stereocenters. The lowest BCUT2D eigenvalue weighted by Crippen LogP contribution is -2.34. The molecule has 4 rings (SSSR count). The van der Waals surface area contributed by atoms with Gasteiger partial charge in [-0.05, 0) is 77.5 Å². The van der Waals surface area contributed by atoms with Gasteiger partial charge in [0.15, 0.2) is 17.3 Å². The zero-order chi connectivity index (χ0) is 26.7. The van der Waals surface area contributed by atoms with Crippen LogP contribution in [0.1, 0.15) is 67.4 Å². The van der Waals surface area contributed by atoms with Gasteiger partial charge in [-0.1, -0.05) is 25.5 Å². The summed E-state index contributed by atoms with van der Waals surface area (Å²) < 4.78 is 12.6. The van der Waals surface area contributed by atoms with Crippen molar-refractivity contribution in [3.8, 4) is 17.6 Å². The van der Waals surface area contributed by atoms with Gasteiger partial charge in [0.2, 0.25) is 0 Å². The predicted octanol–water partition coefficient (Wildman–Crippen LogP) is 6.25. The molecule has 8 heteroatoms. The fourth-order valence-electron chi connectivity index (χ4n) is 5.00. The van der Waals surface area contributed by atoms with Crippen LogP contribution in [0.2, 0.25) is 0 Å². The number of aromatic carboxylic acids is 1. The van der Waals surface area contributed by atoms with Crippen LogP contribution in [0.25, 0.3) is 0 Å². The van der Waals surface area contributed by atoms with Crippen molar-refractivity contribution in [3.05, 3.63) is 80.1 Å². The first-order chi connectivity index (χ1) is 17.8. The minimum atomic E-state index is -1.00. The molecule has 2 aliphatic rings. The van der Waals surface area contributed by atoms with E-state index in [4.69, 9.17) is 9.47 Å². The molecule has 1 aliphatic carbocycles. The monoisotopic (exact) mass is 564 g/mol. The van der Waals surface area contributed by atoms with E-state index in [-0.39, 0.29) is 23.9 Å². The lowest BCUT2D eigenvalue weighted by atomic mass is 9.73. The molecular weight excluding hydrogens is 536 g/mol. The van der Waals surface area contributed by atoms with E-state index >= 15 is 0 Å². The van der Waals surface area contributed by atoms with E-state index in [1.807, 2.05) is 26.0 Å². The number of carboxylic acids is 1. The summed E-state index contributed by atoms with van der Waals surface area (Å²) in [6.45, 7) is 6.36. The van der Waals surface area contributed by atoms with Gasteiger partial charge in [-0.15, -0.1) is 0 Å². The van der Waals surface area contributed by atoms with Gasteiger partial charge in [0.1, 0.15) is 6.61 Å². The van der Waals surface area contributed by atoms with Gasteiger partial charge in [0.25, 0.3) is 0 Å². The van der Waals surface area contributed by atoms with Gasteiger partial charge < -0.3 is 19.9 Å². The van der Waals surface area contributed by atoms with Crippen molar-refractivity contribution in [2.24, 2.45) is 5.92 Å². The second-order valence-corrected chi connectivity index (χ2v) is 10.1. The van der Waals surface area contributed by atoms with Crippen LogP contribution in [-0.2, 0) is 11.4 Å². The third kappa shape index (κ3) is 5.42. The second kappa shape index (κ2) is 11.2. The SMILES string of the molecule is CCOc1cc(C2C(C#N)=C(C)NC3=C2C(=O)CC(CC)C3)cc(Br)c1OCc1cccc(C(=O)O)c1. The summed E-state index contributed by atoms with van der Waals surface area (Å²) in [5.41, 5.74) is 4.47.